The number of unbranched alkanes of at least 4 members (excludes halogenated alkanes) is 14. The number of rotatable bonds is 35. The molecule has 0 aliphatic rings. The second-order valence-electron chi connectivity index (χ2n) is 12.9. The third kappa shape index (κ3) is 40.1. The van der Waals surface area contributed by atoms with Crippen LogP contribution in [0.3, 0.4) is 0 Å². The molecule has 0 saturated heterocycles. The van der Waals surface area contributed by atoms with Crippen molar-refractivity contribution in [3.05, 3.63) is 72.9 Å². The Kier molecular flexibility index (Phi) is 35.4. The second-order valence-corrected chi connectivity index (χ2v) is 14.1. The molecule has 0 fully saturated rings. The lowest BCUT2D eigenvalue weighted by atomic mass is 10.1. The summed E-state index contributed by atoms with van der Waals surface area (Å²) >= 11 is 0. The number of phosphoric ester groups is 1. The highest BCUT2D eigenvalue weighted by Gasteiger charge is 2.22. The highest BCUT2D eigenvalue weighted by molar-refractivity contribution is 7.46. The highest BCUT2D eigenvalue weighted by atomic mass is 31.2. The van der Waals surface area contributed by atoms with Gasteiger partial charge < -0.3 is 19.3 Å². The van der Waals surface area contributed by atoms with Crippen LogP contribution in [0.25, 0.3) is 0 Å². The highest BCUT2D eigenvalue weighted by Crippen LogP contribution is 2.35. The lowest BCUT2D eigenvalue weighted by Crippen LogP contribution is -2.29. The average molecular weight is 735 g/mol. The van der Waals surface area contributed by atoms with Gasteiger partial charge in [0.2, 0.25) is 0 Å². The van der Waals surface area contributed by atoms with Crippen LogP contribution in [0, 0.1) is 0 Å². The largest absolute Gasteiger partial charge is 0.469 e. The zero-order valence-corrected chi connectivity index (χ0v) is 32.9. The molecule has 0 aromatic heterocycles. The zero-order chi connectivity index (χ0) is 37.5. The van der Waals surface area contributed by atoms with E-state index in [1.165, 1.54) is 70.6 Å². The van der Waals surface area contributed by atoms with Crippen molar-refractivity contribution in [3.8, 4) is 0 Å². The SMILES string of the molecule is CC/C=C\C/C=C\C/C=C\C/C=C\C/C=C\CC(=O)OC(COC(=O)CCCCCCCCC/C=C\CCCCCCCCC)COP(=O)(O)O. The molecule has 0 aliphatic carbocycles. The molecule has 0 aromatic carbocycles. The van der Waals surface area contributed by atoms with E-state index in [-0.39, 0.29) is 19.4 Å². The maximum absolute atomic E-state index is 12.3. The Bertz CT molecular complexity index is 1050. The Hall–Kier alpha value is -2.51. The van der Waals surface area contributed by atoms with Crippen LogP contribution in [-0.2, 0) is 28.2 Å². The predicted octanol–water partition coefficient (Wildman–Crippen LogP) is 11.9. The lowest BCUT2D eigenvalue weighted by molar-refractivity contribution is -0.160. The molecule has 0 saturated carbocycles. The van der Waals surface area contributed by atoms with Crippen molar-refractivity contribution < 1.29 is 37.9 Å². The van der Waals surface area contributed by atoms with E-state index in [2.05, 4.69) is 73.1 Å². The molecule has 9 heteroatoms. The van der Waals surface area contributed by atoms with Crippen LogP contribution >= 0.6 is 7.82 Å². The monoisotopic (exact) mass is 734 g/mol. The first kappa shape index (κ1) is 48.5. The van der Waals surface area contributed by atoms with E-state index in [4.69, 9.17) is 19.3 Å². The molecule has 0 aromatic rings. The molecule has 0 aliphatic heterocycles. The summed E-state index contributed by atoms with van der Waals surface area (Å²) in [4.78, 5) is 42.7. The number of hydrogen-bond donors (Lipinski definition) is 2. The second kappa shape index (κ2) is 37.3. The van der Waals surface area contributed by atoms with Crippen LogP contribution in [0.4, 0.5) is 0 Å². The molecule has 51 heavy (non-hydrogen) atoms. The Balaban J connectivity index is 4.07. The first-order chi connectivity index (χ1) is 24.8. The number of carbonyl (C=O) groups is 2. The fourth-order valence-corrected chi connectivity index (χ4v) is 5.45. The first-order valence-corrected chi connectivity index (χ1v) is 21.3. The van der Waals surface area contributed by atoms with Crippen molar-refractivity contribution in [2.75, 3.05) is 13.2 Å². The summed E-state index contributed by atoms with van der Waals surface area (Å²) in [5.41, 5.74) is 0. The quantitative estimate of drug-likeness (QED) is 0.0286. The minimum Gasteiger partial charge on any atom is -0.462 e. The number of allylic oxidation sites excluding steroid dienone is 11. The van der Waals surface area contributed by atoms with E-state index in [9.17, 15) is 14.2 Å². The van der Waals surface area contributed by atoms with Crippen molar-refractivity contribution in [2.45, 2.75) is 168 Å². The molecular weight excluding hydrogens is 663 g/mol. The van der Waals surface area contributed by atoms with E-state index < -0.39 is 32.5 Å². The van der Waals surface area contributed by atoms with Crippen molar-refractivity contribution >= 4 is 19.8 Å². The summed E-state index contributed by atoms with van der Waals surface area (Å²) in [7, 11) is -4.78. The van der Waals surface area contributed by atoms with Gasteiger partial charge in [0.05, 0.1) is 13.0 Å². The van der Waals surface area contributed by atoms with E-state index in [1.54, 1.807) is 6.08 Å². The van der Waals surface area contributed by atoms with Gasteiger partial charge in [-0.25, -0.2) is 4.57 Å². The summed E-state index contributed by atoms with van der Waals surface area (Å²) in [5.74, 6) is -1.04. The molecule has 292 valence electrons. The van der Waals surface area contributed by atoms with E-state index in [1.807, 2.05) is 12.2 Å². The van der Waals surface area contributed by atoms with E-state index in [0.29, 0.717) is 12.8 Å². The standard InChI is InChI=1S/C42H71O8P/c1-3-5-7-9-11-13-15-17-19-20-21-23-24-26-28-30-32-34-36-41(43)48-38-40(39-49-51(45,46)47)50-42(44)37-35-33-31-29-27-25-22-18-16-14-12-10-8-6-4-2/h6,8,12,14,18-20,22,27,29,33,35,40H,3-5,7,9-11,13,15-17,21,23-26,28,30-32,34,36-39H2,1-2H3,(H2,45,46,47)/b8-6-,14-12-,20-19-,22-18-,29-27-,35-33-. The van der Waals surface area contributed by atoms with Gasteiger partial charge in [-0.05, 0) is 64.2 Å². The maximum atomic E-state index is 12.3. The molecule has 8 nitrogen and oxygen atoms in total. The summed E-state index contributed by atoms with van der Waals surface area (Å²) in [6.45, 7) is 3.47. The van der Waals surface area contributed by atoms with Gasteiger partial charge in [0.15, 0.2) is 6.10 Å². The zero-order valence-electron chi connectivity index (χ0n) is 32.0. The summed E-state index contributed by atoms with van der Waals surface area (Å²) < 4.78 is 26.2. The predicted molar refractivity (Wildman–Crippen MR) is 211 cm³/mol. The van der Waals surface area contributed by atoms with Gasteiger partial charge in [0.1, 0.15) is 6.61 Å². The smallest absolute Gasteiger partial charge is 0.462 e. The molecular formula is C42H71O8P. The third-order valence-electron chi connectivity index (χ3n) is 7.99. The van der Waals surface area contributed by atoms with Crippen LogP contribution in [0.1, 0.15) is 162 Å². The van der Waals surface area contributed by atoms with E-state index in [0.717, 1.165) is 51.4 Å². The van der Waals surface area contributed by atoms with Crippen molar-refractivity contribution in [1.29, 1.82) is 0 Å². The fourth-order valence-electron chi connectivity index (χ4n) is 5.09. The molecule has 1 atom stereocenters. The van der Waals surface area contributed by atoms with Gasteiger partial charge >= 0.3 is 19.8 Å². The Morgan fingerprint density at radius 1 is 0.549 bits per heavy atom. The summed E-state index contributed by atoms with van der Waals surface area (Å²) in [5, 5.41) is 0. The molecule has 0 amide bonds. The first-order valence-electron chi connectivity index (χ1n) is 19.7. The van der Waals surface area contributed by atoms with Crippen LogP contribution in [-0.4, -0.2) is 41.0 Å². The van der Waals surface area contributed by atoms with Crippen molar-refractivity contribution in [3.63, 3.8) is 0 Å². The Morgan fingerprint density at radius 2 is 1.00 bits per heavy atom. The normalized spacial score (nSPS) is 13.3. The summed E-state index contributed by atoms with van der Waals surface area (Å²) in [6.07, 6.45) is 47.9. The molecule has 2 N–H and O–H groups in total. The molecule has 0 radical (unpaired) electrons. The van der Waals surface area contributed by atoms with Crippen LogP contribution in [0.5, 0.6) is 0 Å². The topological polar surface area (TPSA) is 119 Å². The van der Waals surface area contributed by atoms with Crippen LogP contribution < -0.4 is 0 Å². The minimum absolute atomic E-state index is 0.0239. The number of hydrogen-bond acceptors (Lipinski definition) is 6. The van der Waals surface area contributed by atoms with Gasteiger partial charge in [-0.2, -0.15) is 0 Å². The van der Waals surface area contributed by atoms with Crippen molar-refractivity contribution in [1.82, 2.24) is 0 Å². The number of esters is 2. The molecule has 0 heterocycles. The van der Waals surface area contributed by atoms with Crippen LogP contribution in [0.2, 0.25) is 0 Å². The van der Waals surface area contributed by atoms with Gasteiger partial charge in [0.25, 0.3) is 0 Å². The minimum atomic E-state index is -4.78. The van der Waals surface area contributed by atoms with Gasteiger partial charge in [0, 0.05) is 6.42 Å². The van der Waals surface area contributed by atoms with E-state index >= 15 is 0 Å². The van der Waals surface area contributed by atoms with Gasteiger partial charge in [-0.1, -0.05) is 157 Å². The summed E-state index contributed by atoms with van der Waals surface area (Å²) in [6, 6.07) is 0. The molecule has 1 unspecified atom stereocenters. The van der Waals surface area contributed by atoms with Gasteiger partial charge in [-0.3, -0.25) is 14.1 Å². The molecule has 0 rings (SSSR count). The third-order valence-corrected chi connectivity index (χ3v) is 8.48. The maximum Gasteiger partial charge on any atom is 0.469 e. The Labute approximate surface area is 310 Å². The number of phosphoric acid groups is 1. The average Bonchev–Trinajstić information content (AvgIpc) is 3.10. The lowest BCUT2D eigenvalue weighted by Gasteiger charge is -2.18. The Morgan fingerprint density at radius 3 is 1.49 bits per heavy atom. The van der Waals surface area contributed by atoms with Crippen molar-refractivity contribution in [2.24, 2.45) is 0 Å². The van der Waals surface area contributed by atoms with Gasteiger partial charge in [-0.15, -0.1) is 0 Å². The number of carbonyl (C=O) groups excluding carboxylic acids is 2. The fraction of sp³-hybridized carbons (Fsp3) is 0.667. The number of ether oxygens (including phenoxy) is 2. The molecule has 0 bridgehead atoms. The molecule has 0 spiro atoms. The van der Waals surface area contributed by atoms with Crippen LogP contribution in [0.15, 0.2) is 72.9 Å².